The zero-order valence-corrected chi connectivity index (χ0v) is 13.0. The molecule has 0 saturated heterocycles. The first kappa shape index (κ1) is 29.5. The zero-order chi connectivity index (χ0) is 4.50. The summed E-state index contributed by atoms with van der Waals surface area (Å²) in [5.41, 5.74) is 0. The molecule has 0 heterocycles. The molecule has 0 bridgehead atoms. The van der Waals surface area contributed by atoms with Crippen molar-refractivity contribution in [1.82, 2.24) is 0 Å². The molecule has 0 aliphatic heterocycles. The maximum atomic E-state index is 8.52. The Balaban J connectivity index is -0.0000000133. The minimum absolute atomic E-state index is 0. The molecule has 0 aromatic carbocycles. The molecule has 0 radical (unpaired) electrons. The van der Waals surface area contributed by atoms with Gasteiger partial charge in [-0.1, -0.05) is 0 Å². The summed E-state index contributed by atoms with van der Waals surface area (Å²) >= 11 is 0. The van der Waals surface area contributed by atoms with E-state index in [0.29, 0.717) is 0 Å². The predicted molar refractivity (Wildman–Crippen MR) is 10.5 cm³/mol. The average Bonchev–Trinajstić information content (AvgIpc) is 0.722. The third-order valence-electron chi connectivity index (χ3n) is 0. The first-order valence-electron chi connectivity index (χ1n) is 0.667. The maximum Gasteiger partial charge on any atom is 1.00 e. The Hall–Kier alpha value is 3.16. The predicted octanol–water partition coefficient (Wildman–Crippen LogP) is -13.3. The molecule has 0 aliphatic rings. The van der Waals surface area contributed by atoms with E-state index in [0.717, 1.165) is 0 Å². The van der Waals surface area contributed by atoms with Crippen LogP contribution in [0.15, 0.2) is 0 Å². The van der Waals surface area contributed by atoms with E-state index in [-0.39, 0.29) is 101 Å². The van der Waals surface area contributed by atoms with Crippen LogP contribution in [0.1, 0.15) is 0 Å². The SMILES string of the molecule is O=S(=O)([O-])[O-].[Cl-].[Na+].[Na+].[Na+]. The Bertz CT molecular complexity index is 99.0. The van der Waals surface area contributed by atoms with Gasteiger partial charge in [0.1, 0.15) is 0 Å². The second-order valence-corrected chi connectivity index (χ2v) is 1.22. The summed E-state index contributed by atoms with van der Waals surface area (Å²) in [4.78, 5) is 0. The summed E-state index contributed by atoms with van der Waals surface area (Å²) < 4.78 is 34.1. The van der Waals surface area contributed by atoms with Gasteiger partial charge in [-0.15, -0.1) is 0 Å². The smallest absolute Gasteiger partial charge is 1.00 e. The zero-order valence-electron chi connectivity index (χ0n) is 5.42. The fraction of sp³-hybridized carbons (Fsp3) is 0. The van der Waals surface area contributed by atoms with Crippen LogP contribution in [0.4, 0.5) is 0 Å². The van der Waals surface area contributed by atoms with Gasteiger partial charge < -0.3 is 21.5 Å². The Labute approximate surface area is 126 Å². The maximum absolute atomic E-state index is 8.52. The Morgan fingerprint density at radius 3 is 0.889 bits per heavy atom. The van der Waals surface area contributed by atoms with E-state index in [4.69, 9.17) is 17.5 Å². The van der Waals surface area contributed by atoms with Crippen molar-refractivity contribution in [2.24, 2.45) is 0 Å². The fourth-order valence-corrected chi connectivity index (χ4v) is 0. The molecule has 40 valence electrons. The molecule has 0 unspecified atom stereocenters. The number of hydrogen-bond donors (Lipinski definition) is 0. The molecule has 0 amide bonds. The third-order valence-corrected chi connectivity index (χ3v) is 0. The van der Waals surface area contributed by atoms with E-state index >= 15 is 0 Å². The second-order valence-electron chi connectivity index (χ2n) is 0.408. The topological polar surface area (TPSA) is 80.3 Å². The average molecular weight is 200 g/mol. The van der Waals surface area contributed by atoms with E-state index in [9.17, 15) is 0 Å². The molecular formula is ClNa3O4S. The third kappa shape index (κ3) is 93.8. The Kier molecular flexibility index (Phi) is 45.1. The van der Waals surface area contributed by atoms with Crippen molar-refractivity contribution in [2.75, 3.05) is 0 Å². The molecule has 0 saturated carbocycles. The fourth-order valence-electron chi connectivity index (χ4n) is 0. The van der Waals surface area contributed by atoms with Crippen molar-refractivity contribution in [3.8, 4) is 0 Å². The van der Waals surface area contributed by atoms with Crippen LogP contribution in [0.2, 0.25) is 0 Å². The molecule has 0 fully saturated rings. The molecule has 4 nitrogen and oxygen atoms in total. The molecule has 0 aliphatic carbocycles. The van der Waals surface area contributed by atoms with Crippen LogP contribution in [0.3, 0.4) is 0 Å². The first-order chi connectivity index (χ1) is 2.00. The molecule has 9 heteroatoms. The van der Waals surface area contributed by atoms with Gasteiger partial charge in [0.2, 0.25) is 0 Å². The summed E-state index contributed by atoms with van der Waals surface area (Å²) in [6.07, 6.45) is 0. The number of hydrogen-bond acceptors (Lipinski definition) is 4. The van der Waals surface area contributed by atoms with Gasteiger partial charge in [0, 0.05) is 10.4 Å². The van der Waals surface area contributed by atoms with Gasteiger partial charge in [0.25, 0.3) is 0 Å². The van der Waals surface area contributed by atoms with Crippen LogP contribution in [-0.4, -0.2) is 17.5 Å². The summed E-state index contributed by atoms with van der Waals surface area (Å²) in [5.74, 6) is 0. The van der Waals surface area contributed by atoms with Gasteiger partial charge in [-0.3, -0.25) is 8.42 Å². The standard InChI is InChI=1S/ClH.3Na.H2O4S/c;;;;1-5(2,3)4/h1H;;;;(H2,1,2,3,4)/q;3*+1;/p-3. The van der Waals surface area contributed by atoms with Crippen molar-refractivity contribution >= 4 is 10.4 Å². The van der Waals surface area contributed by atoms with Crippen molar-refractivity contribution in [1.29, 1.82) is 0 Å². The van der Waals surface area contributed by atoms with Gasteiger partial charge in [0.15, 0.2) is 0 Å². The van der Waals surface area contributed by atoms with Gasteiger partial charge in [-0.25, -0.2) is 0 Å². The van der Waals surface area contributed by atoms with Crippen LogP contribution in [0, 0.1) is 0 Å². The summed E-state index contributed by atoms with van der Waals surface area (Å²) in [7, 11) is -5.17. The molecule has 0 rings (SSSR count). The van der Waals surface area contributed by atoms with Crippen molar-refractivity contribution in [3.63, 3.8) is 0 Å². The normalized spacial score (nSPS) is 6.44. The van der Waals surface area contributed by atoms with Gasteiger partial charge >= 0.3 is 88.7 Å². The van der Waals surface area contributed by atoms with Gasteiger partial charge in [-0.2, -0.15) is 0 Å². The van der Waals surface area contributed by atoms with Crippen LogP contribution < -0.4 is 101 Å². The van der Waals surface area contributed by atoms with Crippen molar-refractivity contribution in [3.05, 3.63) is 0 Å². The number of halogens is 1. The monoisotopic (exact) mass is 200 g/mol. The second kappa shape index (κ2) is 13.7. The van der Waals surface area contributed by atoms with E-state index in [2.05, 4.69) is 0 Å². The van der Waals surface area contributed by atoms with E-state index in [1.54, 1.807) is 0 Å². The van der Waals surface area contributed by atoms with E-state index in [1.807, 2.05) is 0 Å². The quantitative estimate of drug-likeness (QED) is 0.221. The largest absolute Gasteiger partial charge is 1.00 e. The Morgan fingerprint density at radius 2 is 0.889 bits per heavy atom. The first-order valence-corrected chi connectivity index (χ1v) is 2.00. The molecule has 9 heavy (non-hydrogen) atoms. The minimum atomic E-state index is -5.17. The Morgan fingerprint density at radius 1 is 0.889 bits per heavy atom. The molecule has 0 atom stereocenters. The van der Waals surface area contributed by atoms with Gasteiger partial charge in [0.05, 0.1) is 0 Å². The molecule has 0 aromatic rings. The molecule has 0 spiro atoms. The van der Waals surface area contributed by atoms with Crippen LogP contribution in [0.5, 0.6) is 0 Å². The van der Waals surface area contributed by atoms with E-state index in [1.165, 1.54) is 0 Å². The molecule has 0 aromatic heterocycles. The van der Waals surface area contributed by atoms with E-state index < -0.39 is 10.4 Å². The van der Waals surface area contributed by atoms with Crippen molar-refractivity contribution in [2.45, 2.75) is 0 Å². The molecule has 0 N–H and O–H groups in total. The minimum Gasteiger partial charge on any atom is -1.00 e. The van der Waals surface area contributed by atoms with Crippen molar-refractivity contribution < 1.29 is 119 Å². The molecular weight excluding hydrogens is 200 g/mol. The van der Waals surface area contributed by atoms with Gasteiger partial charge in [-0.05, 0) is 0 Å². The summed E-state index contributed by atoms with van der Waals surface area (Å²) in [5, 5.41) is 0. The summed E-state index contributed by atoms with van der Waals surface area (Å²) in [6, 6.07) is 0. The van der Waals surface area contributed by atoms with Crippen LogP contribution >= 0.6 is 0 Å². The summed E-state index contributed by atoms with van der Waals surface area (Å²) in [6.45, 7) is 0. The van der Waals surface area contributed by atoms with Crippen LogP contribution in [-0.2, 0) is 10.4 Å². The van der Waals surface area contributed by atoms with Crippen LogP contribution in [0.25, 0.3) is 0 Å². The number of rotatable bonds is 0.